The molecule has 0 atom stereocenters. The molecule has 6 heteroatoms. The van der Waals surface area contributed by atoms with Gasteiger partial charge in [-0.1, -0.05) is 30.3 Å². The van der Waals surface area contributed by atoms with Gasteiger partial charge >= 0.3 is 6.18 Å². The molecule has 0 saturated carbocycles. The number of hydrogen-bond donors (Lipinski definition) is 0. The molecule has 97 valence electrons. The van der Waals surface area contributed by atoms with Crippen LogP contribution in [0.2, 0.25) is 0 Å². The molecule has 0 aliphatic heterocycles. The van der Waals surface area contributed by atoms with Crippen LogP contribution in [0.3, 0.4) is 0 Å². The van der Waals surface area contributed by atoms with E-state index in [2.05, 4.69) is 6.07 Å². The average Bonchev–Trinajstić information content (AvgIpc) is 2.37. The zero-order valence-electron chi connectivity index (χ0n) is 9.44. The van der Waals surface area contributed by atoms with E-state index in [1.54, 1.807) is 0 Å². The van der Waals surface area contributed by atoms with Crippen LogP contribution in [0.1, 0.15) is 5.56 Å². The topological polar surface area (TPSA) is 43.1 Å². The van der Waals surface area contributed by atoms with Gasteiger partial charge in [0, 0.05) is 11.6 Å². The predicted molar refractivity (Wildman–Crippen MR) is 62.4 cm³/mol. The van der Waals surface area contributed by atoms with Crippen molar-refractivity contribution < 1.29 is 18.1 Å². The van der Waals surface area contributed by atoms with Gasteiger partial charge in [0.25, 0.3) is 5.69 Å². The number of alkyl halides is 3. The molecular formula is C13H7F3NO2. The molecule has 0 aliphatic carbocycles. The van der Waals surface area contributed by atoms with Crippen molar-refractivity contribution >= 4 is 5.69 Å². The fourth-order valence-electron chi connectivity index (χ4n) is 1.76. The van der Waals surface area contributed by atoms with Crippen LogP contribution in [0, 0.1) is 16.2 Å². The molecule has 3 nitrogen and oxygen atoms in total. The molecule has 0 aromatic heterocycles. The van der Waals surface area contributed by atoms with E-state index in [1.807, 2.05) is 0 Å². The highest BCUT2D eigenvalue weighted by atomic mass is 19.4. The molecule has 0 spiro atoms. The fourth-order valence-corrected chi connectivity index (χ4v) is 1.76. The summed E-state index contributed by atoms with van der Waals surface area (Å²) in [6.45, 7) is 0. The van der Waals surface area contributed by atoms with Gasteiger partial charge in [-0.15, -0.1) is 0 Å². The first kappa shape index (κ1) is 13.1. The first-order valence-corrected chi connectivity index (χ1v) is 5.23. The van der Waals surface area contributed by atoms with E-state index < -0.39 is 16.7 Å². The molecule has 0 unspecified atom stereocenters. The maximum atomic E-state index is 12.9. The third-order valence-electron chi connectivity index (χ3n) is 2.53. The van der Waals surface area contributed by atoms with E-state index in [4.69, 9.17) is 0 Å². The van der Waals surface area contributed by atoms with Gasteiger partial charge in [-0.3, -0.25) is 10.1 Å². The summed E-state index contributed by atoms with van der Waals surface area (Å²) >= 11 is 0. The Bertz CT molecular complexity index is 623. The number of nitro groups is 1. The van der Waals surface area contributed by atoms with Crippen LogP contribution in [-0.2, 0) is 6.18 Å². The number of nitro benzene ring substituents is 1. The Kier molecular flexibility index (Phi) is 3.25. The number of para-hydroxylation sites is 1. The van der Waals surface area contributed by atoms with E-state index >= 15 is 0 Å². The summed E-state index contributed by atoms with van der Waals surface area (Å²) in [5, 5.41) is 10.9. The van der Waals surface area contributed by atoms with Crippen LogP contribution in [0.4, 0.5) is 18.9 Å². The van der Waals surface area contributed by atoms with Crippen LogP contribution in [0.5, 0.6) is 0 Å². The first-order valence-electron chi connectivity index (χ1n) is 5.23. The summed E-state index contributed by atoms with van der Waals surface area (Å²) in [5.41, 5.74) is -1.70. The zero-order chi connectivity index (χ0) is 14.0. The minimum Gasteiger partial charge on any atom is -0.258 e. The lowest BCUT2D eigenvalue weighted by Gasteiger charge is -2.12. The van der Waals surface area contributed by atoms with Gasteiger partial charge in [-0.25, -0.2) is 0 Å². The normalized spacial score (nSPS) is 11.3. The minimum absolute atomic E-state index is 0.0725. The Labute approximate surface area is 106 Å². The molecule has 0 saturated heterocycles. The van der Waals surface area contributed by atoms with Gasteiger partial charge in [0.15, 0.2) is 0 Å². The average molecular weight is 266 g/mol. The Morgan fingerprint density at radius 2 is 1.68 bits per heavy atom. The van der Waals surface area contributed by atoms with Crippen molar-refractivity contribution in [3.63, 3.8) is 0 Å². The van der Waals surface area contributed by atoms with Crippen molar-refractivity contribution in [2.75, 3.05) is 0 Å². The number of nitrogens with zero attached hydrogens (tertiary/aromatic N) is 1. The molecule has 2 aromatic rings. The zero-order valence-corrected chi connectivity index (χ0v) is 9.44. The van der Waals surface area contributed by atoms with Crippen molar-refractivity contribution in [3.8, 4) is 11.1 Å². The number of rotatable bonds is 2. The highest BCUT2D eigenvalue weighted by molar-refractivity contribution is 5.76. The Morgan fingerprint density at radius 3 is 2.32 bits per heavy atom. The van der Waals surface area contributed by atoms with Gasteiger partial charge in [-0.05, 0) is 12.1 Å². The number of benzene rings is 2. The van der Waals surface area contributed by atoms with Crippen LogP contribution in [-0.4, -0.2) is 4.92 Å². The Hall–Kier alpha value is -2.37. The summed E-state index contributed by atoms with van der Waals surface area (Å²) in [5.74, 6) is 0. The highest BCUT2D eigenvalue weighted by Gasteiger charge is 2.34. The first-order chi connectivity index (χ1) is 8.91. The largest absolute Gasteiger partial charge is 0.417 e. The SMILES string of the molecule is O=[N+]([O-])c1ccccc1-c1ccc[c]c1C(F)(F)F. The van der Waals surface area contributed by atoms with E-state index in [1.165, 1.54) is 36.4 Å². The van der Waals surface area contributed by atoms with Crippen LogP contribution >= 0.6 is 0 Å². The van der Waals surface area contributed by atoms with E-state index in [9.17, 15) is 23.3 Å². The molecule has 0 aliphatic rings. The molecule has 2 aromatic carbocycles. The highest BCUT2D eigenvalue weighted by Crippen LogP contribution is 2.39. The monoisotopic (exact) mass is 266 g/mol. The maximum Gasteiger partial charge on any atom is 0.417 e. The fraction of sp³-hybridized carbons (Fsp3) is 0.0769. The van der Waals surface area contributed by atoms with Crippen molar-refractivity contribution in [2.24, 2.45) is 0 Å². The smallest absolute Gasteiger partial charge is 0.258 e. The second-order valence-electron chi connectivity index (χ2n) is 3.73. The van der Waals surface area contributed by atoms with Crippen LogP contribution < -0.4 is 0 Å². The van der Waals surface area contributed by atoms with Gasteiger partial charge in [0.05, 0.1) is 16.1 Å². The molecule has 0 amide bonds. The molecule has 19 heavy (non-hydrogen) atoms. The standard InChI is InChI=1S/C13H7F3NO2/c14-13(15,16)11-7-3-1-5-9(11)10-6-2-4-8-12(10)17(18)19/h1-6,8H. The van der Waals surface area contributed by atoms with Crippen molar-refractivity contribution in [2.45, 2.75) is 6.18 Å². The van der Waals surface area contributed by atoms with Crippen molar-refractivity contribution in [1.29, 1.82) is 0 Å². The van der Waals surface area contributed by atoms with Gasteiger partial charge < -0.3 is 0 Å². The quantitative estimate of drug-likeness (QED) is 0.607. The van der Waals surface area contributed by atoms with Gasteiger partial charge in [-0.2, -0.15) is 13.2 Å². The van der Waals surface area contributed by atoms with E-state index in [0.29, 0.717) is 0 Å². The third kappa shape index (κ3) is 2.57. The lowest BCUT2D eigenvalue weighted by Crippen LogP contribution is -2.07. The van der Waals surface area contributed by atoms with Crippen molar-refractivity contribution in [3.05, 3.63) is 64.2 Å². The third-order valence-corrected chi connectivity index (χ3v) is 2.53. The maximum absolute atomic E-state index is 12.9. The summed E-state index contributed by atoms with van der Waals surface area (Å²) < 4.78 is 38.6. The molecule has 0 fully saturated rings. The lowest BCUT2D eigenvalue weighted by molar-refractivity contribution is -0.384. The molecule has 0 heterocycles. The lowest BCUT2D eigenvalue weighted by atomic mass is 9.98. The van der Waals surface area contributed by atoms with Crippen LogP contribution in [0.25, 0.3) is 11.1 Å². The van der Waals surface area contributed by atoms with Crippen molar-refractivity contribution in [1.82, 2.24) is 0 Å². The number of halogens is 3. The summed E-state index contributed by atoms with van der Waals surface area (Å²) in [6, 6.07) is 11.1. The summed E-state index contributed by atoms with van der Waals surface area (Å²) in [4.78, 5) is 10.2. The molecular weight excluding hydrogens is 259 g/mol. The molecule has 0 bridgehead atoms. The second-order valence-corrected chi connectivity index (χ2v) is 3.73. The van der Waals surface area contributed by atoms with Crippen LogP contribution in [0.15, 0.2) is 42.5 Å². The Balaban J connectivity index is 2.70. The van der Waals surface area contributed by atoms with Gasteiger partial charge in [0.1, 0.15) is 0 Å². The Morgan fingerprint density at radius 1 is 1.05 bits per heavy atom. The van der Waals surface area contributed by atoms with Gasteiger partial charge in [0.2, 0.25) is 0 Å². The predicted octanol–water partition coefficient (Wildman–Crippen LogP) is 4.08. The number of hydrogen-bond acceptors (Lipinski definition) is 2. The summed E-state index contributed by atoms with van der Waals surface area (Å²) in [6.07, 6.45) is -4.61. The molecule has 2 rings (SSSR count). The molecule has 0 N–H and O–H groups in total. The van der Waals surface area contributed by atoms with E-state index in [-0.39, 0.29) is 16.8 Å². The summed E-state index contributed by atoms with van der Waals surface area (Å²) in [7, 11) is 0. The minimum atomic E-state index is -4.61. The molecule has 1 radical (unpaired) electrons. The second kappa shape index (κ2) is 4.72. The van der Waals surface area contributed by atoms with E-state index in [0.717, 1.165) is 6.07 Å².